The minimum Gasteiger partial charge on any atom is -0.478 e. The van der Waals surface area contributed by atoms with Crippen molar-refractivity contribution in [2.24, 2.45) is 4.99 Å². The third-order valence-corrected chi connectivity index (χ3v) is 3.06. The van der Waals surface area contributed by atoms with Crippen LogP contribution in [0, 0.1) is 0 Å². The van der Waals surface area contributed by atoms with E-state index >= 15 is 0 Å². The number of carbonyl (C=O) groups is 1. The summed E-state index contributed by atoms with van der Waals surface area (Å²) in [4.78, 5) is 19.7. The van der Waals surface area contributed by atoms with Crippen LogP contribution in [-0.2, 0) is 0 Å². The van der Waals surface area contributed by atoms with Crippen LogP contribution in [0.15, 0.2) is 65.7 Å². The van der Waals surface area contributed by atoms with Crippen molar-refractivity contribution in [2.45, 2.75) is 0 Å². The van der Waals surface area contributed by atoms with Gasteiger partial charge in [-0.15, -0.1) is 0 Å². The average molecular weight is 276 g/mol. The predicted octanol–water partition coefficient (Wildman–Crippen LogP) is 3.68. The van der Waals surface area contributed by atoms with Gasteiger partial charge >= 0.3 is 5.97 Å². The highest BCUT2D eigenvalue weighted by molar-refractivity contribution is 5.89. The number of hydrogen-bond acceptors (Lipinski definition) is 3. The second-order valence-corrected chi connectivity index (χ2v) is 4.54. The Hall–Kier alpha value is -3.01. The van der Waals surface area contributed by atoms with Crippen molar-refractivity contribution < 1.29 is 9.90 Å². The van der Waals surface area contributed by atoms with E-state index in [1.807, 2.05) is 36.4 Å². The summed E-state index contributed by atoms with van der Waals surface area (Å²) in [5, 5.41) is 10.0. The molecule has 0 fully saturated rings. The first-order chi connectivity index (χ1) is 10.2. The van der Waals surface area contributed by atoms with Gasteiger partial charge in [-0.25, -0.2) is 9.78 Å². The van der Waals surface area contributed by atoms with Crippen molar-refractivity contribution in [1.82, 2.24) is 4.98 Å². The molecule has 1 N–H and O–H groups in total. The molecule has 102 valence electrons. The largest absolute Gasteiger partial charge is 0.478 e. The highest BCUT2D eigenvalue weighted by atomic mass is 16.4. The number of hydrogen-bond donors (Lipinski definition) is 1. The van der Waals surface area contributed by atoms with Crippen molar-refractivity contribution in [3.8, 4) is 0 Å². The molecule has 0 atom stereocenters. The van der Waals surface area contributed by atoms with Crippen LogP contribution in [0.25, 0.3) is 10.9 Å². The van der Waals surface area contributed by atoms with Crippen LogP contribution in [0.4, 0.5) is 5.69 Å². The van der Waals surface area contributed by atoms with E-state index in [0.717, 1.165) is 16.6 Å². The summed E-state index contributed by atoms with van der Waals surface area (Å²) in [5.41, 5.74) is 2.44. The fourth-order valence-corrected chi connectivity index (χ4v) is 2.01. The number of fused-ring (bicyclic) bond motifs is 1. The molecule has 3 aromatic rings. The molecule has 0 unspecified atom stereocenters. The van der Waals surface area contributed by atoms with Gasteiger partial charge in [0.05, 0.1) is 28.7 Å². The van der Waals surface area contributed by atoms with Gasteiger partial charge in [0.1, 0.15) is 0 Å². The molecular weight excluding hydrogens is 264 g/mol. The summed E-state index contributed by atoms with van der Waals surface area (Å²) < 4.78 is 0. The van der Waals surface area contributed by atoms with E-state index in [0.29, 0.717) is 5.69 Å². The summed E-state index contributed by atoms with van der Waals surface area (Å²) in [5.74, 6) is -0.962. The number of carboxylic acids is 1. The van der Waals surface area contributed by atoms with Gasteiger partial charge in [-0.05, 0) is 30.3 Å². The standard InChI is InChI=1S/C17H12N2O2/c20-17(21)13-5-3-6-14(10-13)18-11-15-9-8-12-4-1-2-7-16(12)19-15/h1-11H,(H,20,21). The van der Waals surface area contributed by atoms with Gasteiger partial charge in [-0.2, -0.15) is 0 Å². The maximum atomic E-state index is 10.9. The second kappa shape index (κ2) is 5.54. The zero-order valence-electron chi connectivity index (χ0n) is 11.1. The minimum atomic E-state index is -0.962. The Morgan fingerprint density at radius 2 is 1.90 bits per heavy atom. The Kier molecular flexibility index (Phi) is 3.43. The first kappa shape index (κ1) is 13.0. The van der Waals surface area contributed by atoms with Gasteiger partial charge in [0.15, 0.2) is 0 Å². The van der Waals surface area contributed by atoms with Crippen molar-refractivity contribution >= 4 is 28.8 Å². The van der Waals surface area contributed by atoms with E-state index < -0.39 is 5.97 Å². The molecule has 0 saturated carbocycles. The van der Waals surface area contributed by atoms with Crippen LogP contribution in [0.3, 0.4) is 0 Å². The molecule has 0 amide bonds. The molecule has 0 spiro atoms. The maximum absolute atomic E-state index is 10.9. The maximum Gasteiger partial charge on any atom is 0.335 e. The van der Waals surface area contributed by atoms with Crippen molar-refractivity contribution in [3.05, 3.63) is 71.9 Å². The molecule has 0 aliphatic heterocycles. The number of rotatable bonds is 3. The molecule has 2 aromatic carbocycles. The van der Waals surface area contributed by atoms with Crippen molar-refractivity contribution in [1.29, 1.82) is 0 Å². The fourth-order valence-electron chi connectivity index (χ4n) is 2.01. The molecule has 21 heavy (non-hydrogen) atoms. The summed E-state index contributed by atoms with van der Waals surface area (Å²) in [7, 11) is 0. The lowest BCUT2D eigenvalue weighted by Crippen LogP contribution is -1.94. The molecule has 0 aliphatic rings. The average Bonchev–Trinajstić information content (AvgIpc) is 2.53. The molecule has 1 aromatic heterocycles. The Labute approximate surface area is 121 Å². The lowest BCUT2D eigenvalue weighted by Gasteiger charge is -1.99. The van der Waals surface area contributed by atoms with E-state index in [4.69, 9.17) is 5.11 Å². The zero-order chi connectivity index (χ0) is 14.7. The van der Waals surface area contributed by atoms with E-state index in [-0.39, 0.29) is 5.56 Å². The molecule has 4 nitrogen and oxygen atoms in total. The predicted molar refractivity (Wildman–Crippen MR) is 82.4 cm³/mol. The topological polar surface area (TPSA) is 62.5 Å². The van der Waals surface area contributed by atoms with E-state index in [2.05, 4.69) is 9.98 Å². The minimum absolute atomic E-state index is 0.219. The lowest BCUT2D eigenvalue weighted by atomic mass is 10.2. The SMILES string of the molecule is O=C(O)c1cccc(N=Cc2ccc3ccccc3n2)c1. The number of carboxylic acid groups (broad SMARTS) is 1. The third-order valence-electron chi connectivity index (χ3n) is 3.06. The number of nitrogens with zero attached hydrogens (tertiary/aromatic N) is 2. The number of pyridine rings is 1. The fraction of sp³-hybridized carbons (Fsp3) is 0. The number of benzene rings is 2. The number of aromatic carboxylic acids is 1. The summed E-state index contributed by atoms with van der Waals surface area (Å²) in [6.07, 6.45) is 1.63. The molecule has 0 bridgehead atoms. The quantitative estimate of drug-likeness (QED) is 0.742. The summed E-state index contributed by atoms with van der Waals surface area (Å²) in [6, 6.07) is 18.2. The normalized spacial score (nSPS) is 11.0. The molecule has 4 heteroatoms. The van der Waals surface area contributed by atoms with Crippen LogP contribution in [0.5, 0.6) is 0 Å². The molecule has 0 saturated heterocycles. The third kappa shape index (κ3) is 2.95. The van der Waals surface area contributed by atoms with E-state index in [1.165, 1.54) is 12.1 Å². The Balaban J connectivity index is 1.90. The monoisotopic (exact) mass is 276 g/mol. The Morgan fingerprint density at radius 3 is 2.76 bits per heavy atom. The van der Waals surface area contributed by atoms with Crippen LogP contribution >= 0.6 is 0 Å². The lowest BCUT2D eigenvalue weighted by molar-refractivity contribution is 0.0697. The van der Waals surface area contributed by atoms with Gasteiger partial charge in [0, 0.05) is 5.39 Å². The van der Waals surface area contributed by atoms with E-state index in [1.54, 1.807) is 18.3 Å². The van der Waals surface area contributed by atoms with Gasteiger partial charge in [0.25, 0.3) is 0 Å². The zero-order valence-corrected chi connectivity index (χ0v) is 11.1. The highest BCUT2D eigenvalue weighted by Gasteiger charge is 2.02. The molecule has 0 aliphatic carbocycles. The molecule has 1 heterocycles. The Bertz CT molecular complexity index is 841. The van der Waals surface area contributed by atoms with Crippen LogP contribution in [-0.4, -0.2) is 22.3 Å². The molecule has 3 rings (SSSR count). The van der Waals surface area contributed by atoms with Gasteiger partial charge in [-0.3, -0.25) is 4.99 Å². The van der Waals surface area contributed by atoms with Gasteiger partial charge < -0.3 is 5.11 Å². The van der Waals surface area contributed by atoms with Crippen molar-refractivity contribution in [3.63, 3.8) is 0 Å². The van der Waals surface area contributed by atoms with Gasteiger partial charge in [0.2, 0.25) is 0 Å². The van der Waals surface area contributed by atoms with Crippen LogP contribution < -0.4 is 0 Å². The first-order valence-corrected chi connectivity index (χ1v) is 6.45. The smallest absolute Gasteiger partial charge is 0.335 e. The van der Waals surface area contributed by atoms with Crippen LogP contribution in [0.2, 0.25) is 0 Å². The van der Waals surface area contributed by atoms with Crippen molar-refractivity contribution in [2.75, 3.05) is 0 Å². The second-order valence-electron chi connectivity index (χ2n) is 4.54. The molecule has 0 radical (unpaired) electrons. The summed E-state index contributed by atoms with van der Waals surface area (Å²) >= 11 is 0. The molecular formula is C17H12N2O2. The number of aliphatic imine (C=N–C) groups is 1. The number of para-hydroxylation sites is 1. The Morgan fingerprint density at radius 1 is 1.05 bits per heavy atom. The van der Waals surface area contributed by atoms with Gasteiger partial charge in [-0.1, -0.05) is 30.3 Å². The van der Waals surface area contributed by atoms with E-state index in [9.17, 15) is 4.79 Å². The van der Waals surface area contributed by atoms with Crippen LogP contribution in [0.1, 0.15) is 16.1 Å². The summed E-state index contributed by atoms with van der Waals surface area (Å²) in [6.45, 7) is 0. The highest BCUT2D eigenvalue weighted by Crippen LogP contribution is 2.15. The number of aromatic nitrogens is 1. The first-order valence-electron chi connectivity index (χ1n) is 6.45.